The number of para-hydroxylation sites is 5. The number of benzene rings is 9. The van der Waals surface area contributed by atoms with Gasteiger partial charge < -0.3 is 18.1 Å². The van der Waals surface area contributed by atoms with Crippen molar-refractivity contribution in [2.24, 2.45) is 0 Å². The second-order valence-corrected chi connectivity index (χ2v) is 15.3. The van der Waals surface area contributed by atoms with Crippen LogP contribution in [0.15, 0.2) is 205 Å². The summed E-state index contributed by atoms with van der Waals surface area (Å²) in [5.41, 5.74) is 14.7. The van der Waals surface area contributed by atoms with E-state index in [0.717, 1.165) is 44.5 Å². The first-order valence-corrected chi connectivity index (χ1v) is 19.8. The van der Waals surface area contributed by atoms with Gasteiger partial charge >= 0.3 is 0 Å². The molecule has 0 spiro atoms. The molecule has 0 unspecified atom stereocenters. The van der Waals surface area contributed by atoms with Crippen molar-refractivity contribution in [3.8, 4) is 28.2 Å². The van der Waals surface area contributed by atoms with E-state index in [0.29, 0.717) is 0 Å². The average Bonchev–Trinajstić information content (AvgIpc) is 4.01. The Labute approximate surface area is 332 Å². The molecular formula is C54H33N3O. The van der Waals surface area contributed by atoms with E-state index in [4.69, 9.17) is 4.42 Å². The van der Waals surface area contributed by atoms with E-state index in [1.165, 1.54) is 71.0 Å². The summed E-state index contributed by atoms with van der Waals surface area (Å²) in [5, 5.41) is 9.56. The summed E-state index contributed by atoms with van der Waals surface area (Å²) in [6.07, 6.45) is 0. The molecule has 0 saturated carbocycles. The molecule has 0 amide bonds. The van der Waals surface area contributed by atoms with E-state index < -0.39 is 0 Å². The van der Waals surface area contributed by atoms with Gasteiger partial charge in [-0.05, 0) is 108 Å². The van der Waals surface area contributed by atoms with Crippen molar-refractivity contribution in [3.05, 3.63) is 200 Å². The maximum absolute atomic E-state index is 6.44. The molecule has 13 aromatic rings. The van der Waals surface area contributed by atoms with E-state index in [9.17, 15) is 0 Å². The number of fused-ring (bicyclic) bond motifs is 12. The summed E-state index contributed by atoms with van der Waals surface area (Å²) in [5.74, 6) is 0. The minimum atomic E-state index is 0.903. The molecule has 0 aliphatic carbocycles. The summed E-state index contributed by atoms with van der Waals surface area (Å²) in [6.45, 7) is 0. The van der Waals surface area contributed by atoms with Crippen molar-refractivity contribution >= 4 is 87.4 Å². The number of furan rings is 1. The van der Waals surface area contributed by atoms with Gasteiger partial charge in [-0.15, -0.1) is 0 Å². The predicted molar refractivity (Wildman–Crippen MR) is 242 cm³/mol. The highest BCUT2D eigenvalue weighted by Crippen LogP contribution is 2.43. The highest BCUT2D eigenvalue weighted by atomic mass is 16.3. The summed E-state index contributed by atoms with van der Waals surface area (Å²) in [6, 6.07) is 72.6. The predicted octanol–water partition coefficient (Wildman–Crippen LogP) is 14.5. The number of nitrogens with zero attached hydrogens (tertiary/aromatic N) is 3. The zero-order valence-corrected chi connectivity index (χ0v) is 31.3. The van der Waals surface area contributed by atoms with E-state index in [-0.39, 0.29) is 0 Å². The minimum Gasteiger partial charge on any atom is -0.456 e. The Hall–Kier alpha value is -7.82. The van der Waals surface area contributed by atoms with E-state index in [2.05, 4.69) is 208 Å². The Balaban J connectivity index is 1.08. The maximum atomic E-state index is 6.44. The molecule has 4 heteroatoms. The van der Waals surface area contributed by atoms with Gasteiger partial charge in [-0.25, -0.2) is 0 Å². The molecule has 4 nitrogen and oxygen atoms in total. The lowest BCUT2D eigenvalue weighted by molar-refractivity contribution is 0.669. The van der Waals surface area contributed by atoms with Gasteiger partial charge in [0.15, 0.2) is 0 Å². The first-order valence-electron chi connectivity index (χ1n) is 19.8. The molecule has 270 valence electrons. The molecule has 0 radical (unpaired) electrons. The molecule has 58 heavy (non-hydrogen) atoms. The fraction of sp³-hybridized carbons (Fsp3) is 0. The van der Waals surface area contributed by atoms with Crippen molar-refractivity contribution in [3.63, 3.8) is 0 Å². The van der Waals surface area contributed by atoms with Crippen LogP contribution in [0.4, 0.5) is 0 Å². The molecular weight excluding hydrogens is 707 g/mol. The van der Waals surface area contributed by atoms with Crippen LogP contribution in [0, 0.1) is 0 Å². The Morgan fingerprint density at radius 3 is 1.19 bits per heavy atom. The van der Waals surface area contributed by atoms with Gasteiger partial charge in [-0.1, -0.05) is 103 Å². The Bertz CT molecular complexity index is 3770. The summed E-state index contributed by atoms with van der Waals surface area (Å²) >= 11 is 0. The number of hydrogen-bond donors (Lipinski definition) is 0. The fourth-order valence-corrected chi connectivity index (χ4v) is 9.64. The summed E-state index contributed by atoms with van der Waals surface area (Å²) in [7, 11) is 0. The van der Waals surface area contributed by atoms with Gasteiger partial charge in [0.1, 0.15) is 11.2 Å². The van der Waals surface area contributed by atoms with Gasteiger partial charge in [-0.3, -0.25) is 0 Å². The second kappa shape index (κ2) is 11.8. The van der Waals surface area contributed by atoms with Gasteiger partial charge in [-0.2, -0.15) is 0 Å². The molecule has 0 saturated heterocycles. The van der Waals surface area contributed by atoms with Crippen LogP contribution in [-0.2, 0) is 0 Å². The first-order chi connectivity index (χ1) is 28.8. The first kappa shape index (κ1) is 31.4. The van der Waals surface area contributed by atoms with Crippen LogP contribution in [0.5, 0.6) is 0 Å². The van der Waals surface area contributed by atoms with Crippen molar-refractivity contribution in [1.29, 1.82) is 0 Å². The second-order valence-electron chi connectivity index (χ2n) is 15.3. The number of hydrogen-bond acceptors (Lipinski definition) is 1. The Morgan fingerprint density at radius 2 is 0.638 bits per heavy atom. The van der Waals surface area contributed by atoms with Crippen LogP contribution in [-0.4, -0.2) is 13.7 Å². The zero-order valence-electron chi connectivity index (χ0n) is 31.3. The number of aromatic nitrogens is 3. The lowest BCUT2D eigenvalue weighted by Crippen LogP contribution is -1.94. The SMILES string of the molecule is c1ccc(-n2c3ccc(-c4ccc5c(c4)c4cc6c(cc4n5-c4ccccc4)c4ccccc4n6-c4ccccc4)cc3c3cc4oc5ccccc5c4cc32)cc1. The molecule has 0 bridgehead atoms. The van der Waals surface area contributed by atoms with Gasteiger partial charge in [0.2, 0.25) is 0 Å². The molecule has 0 N–H and O–H groups in total. The largest absolute Gasteiger partial charge is 0.456 e. The third kappa shape index (κ3) is 4.40. The molecule has 0 aliphatic rings. The molecule has 0 atom stereocenters. The topological polar surface area (TPSA) is 27.9 Å². The lowest BCUT2D eigenvalue weighted by atomic mass is 10.00. The highest BCUT2D eigenvalue weighted by molar-refractivity contribution is 6.20. The smallest absolute Gasteiger partial charge is 0.136 e. The van der Waals surface area contributed by atoms with E-state index in [1.807, 2.05) is 6.07 Å². The van der Waals surface area contributed by atoms with Crippen molar-refractivity contribution in [2.45, 2.75) is 0 Å². The lowest BCUT2D eigenvalue weighted by Gasteiger charge is -2.09. The maximum Gasteiger partial charge on any atom is 0.136 e. The van der Waals surface area contributed by atoms with Crippen LogP contribution >= 0.6 is 0 Å². The molecule has 0 fully saturated rings. The van der Waals surface area contributed by atoms with E-state index in [1.54, 1.807) is 0 Å². The molecule has 13 rings (SSSR count). The highest BCUT2D eigenvalue weighted by Gasteiger charge is 2.21. The standard InChI is InChI=1S/C54H33N3O/c1-4-14-36(15-5-1)55-47-22-12-10-20-39(47)43-30-51-44(31-50(43)55)41-28-34(24-26-48(41)56(51)37-16-6-2-7-17-37)35-25-27-49-42(29-35)45-33-54-46(40-21-11-13-23-53(40)58-54)32-52(45)57(49)38-18-8-3-9-19-38/h1-33H. The van der Waals surface area contributed by atoms with E-state index >= 15 is 0 Å². The average molecular weight is 740 g/mol. The molecule has 4 aromatic heterocycles. The van der Waals surface area contributed by atoms with Crippen LogP contribution in [0.25, 0.3) is 116 Å². The Morgan fingerprint density at radius 1 is 0.241 bits per heavy atom. The minimum absolute atomic E-state index is 0.903. The molecule has 0 aliphatic heterocycles. The van der Waals surface area contributed by atoms with Crippen molar-refractivity contribution in [1.82, 2.24) is 13.7 Å². The number of rotatable bonds is 4. The van der Waals surface area contributed by atoms with Crippen LogP contribution < -0.4 is 0 Å². The van der Waals surface area contributed by atoms with Gasteiger partial charge in [0.05, 0.1) is 33.1 Å². The normalized spacial score (nSPS) is 12.1. The third-order valence-corrected chi connectivity index (χ3v) is 12.2. The third-order valence-electron chi connectivity index (χ3n) is 12.2. The zero-order chi connectivity index (χ0) is 37.9. The van der Waals surface area contributed by atoms with Crippen LogP contribution in [0.1, 0.15) is 0 Å². The van der Waals surface area contributed by atoms with Crippen LogP contribution in [0.3, 0.4) is 0 Å². The molecule has 4 heterocycles. The van der Waals surface area contributed by atoms with Crippen molar-refractivity contribution in [2.75, 3.05) is 0 Å². The molecule has 9 aromatic carbocycles. The van der Waals surface area contributed by atoms with Crippen molar-refractivity contribution < 1.29 is 4.42 Å². The monoisotopic (exact) mass is 739 g/mol. The quantitative estimate of drug-likeness (QED) is 0.177. The Kier molecular flexibility index (Phi) is 6.41. The summed E-state index contributed by atoms with van der Waals surface area (Å²) in [4.78, 5) is 0. The van der Waals surface area contributed by atoms with Gasteiger partial charge in [0.25, 0.3) is 0 Å². The van der Waals surface area contributed by atoms with Crippen LogP contribution in [0.2, 0.25) is 0 Å². The van der Waals surface area contributed by atoms with Gasteiger partial charge in [0, 0.05) is 60.2 Å². The fourth-order valence-electron chi connectivity index (χ4n) is 9.64. The summed E-state index contributed by atoms with van der Waals surface area (Å²) < 4.78 is 13.7.